The number of ether oxygens (including phenoxy) is 1. The summed E-state index contributed by atoms with van der Waals surface area (Å²) in [7, 11) is 4.09. The summed E-state index contributed by atoms with van der Waals surface area (Å²) < 4.78 is 5.81. The van der Waals surface area contributed by atoms with E-state index in [1.165, 1.54) is 0 Å². The molecule has 0 spiro atoms. The number of carbonyl (C=O) groups is 1. The molecule has 120 valence electrons. The van der Waals surface area contributed by atoms with Gasteiger partial charge < -0.3 is 15.0 Å². The minimum absolute atomic E-state index is 0.0449. The first-order valence-electron chi connectivity index (χ1n) is 8.09. The Bertz CT molecular complexity index is 741. The third-order valence-corrected chi connectivity index (χ3v) is 5.12. The van der Waals surface area contributed by atoms with E-state index in [2.05, 4.69) is 15.2 Å². The van der Waals surface area contributed by atoms with Crippen molar-refractivity contribution in [2.24, 2.45) is 5.92 Å². The van der Waals surface area contributed by atoms with Crippen molar-refractivity contribution < 1.29 is 9.53 Å². The number of amides is 1. The summed E-state index contributed by atoms with van der Waals surface area (Å²) in [6.07, 6.45) is 3.00. The van der Waals surface area contributed by atoms with Gasteiger partial charge in [-0.15, -0.1) is 0 Å². The predicted molar refractivity (Wildman–Crippen MR) is 88.3 cm³/mol. The van der Waals surface area contributed by atoms with E-state index in [4.69, 9.17) is 4.74 Å². The van der Waals surface area contributed by atoms with Crippen molar-refractivity contribution in [2.45, 2.75) is 24.6 Å². The Kier molecular flexibility index (Phi) is 3.54. The van der Waals surface area contributed by atoms with Crippen molar-refractivity contribution in [3.8, 4) is 0 Å². The van der Waals surface area contributed by atoms with Crippen LogP contribution >= 0.6 is 0 Å². The Morgan fingerprint density at radius 1 is 1.30 bits per heavy atom. The maximum absolute atomic E-state index is 12.8. The minimum atomic E-state index is -0.0449. The number of nitrogens with zero attached hydrogens (tertiary/aromatic N) is 2. The molecule has 5 nitrogen and oxygen atoms in total. The van der Waals surface area contributed by atoms with Crippen LogP contribution in [-0.2, 0) is 4.74 Å². The molecular formula is C18H21N3O2. The van der Waals surface area contributed by atoms with Crippen LogP contribution in [0.1, 0.15) is 16.8 Å². The first-order valence-corrected chi connectivity index (χ1v) is 8.09. The Balaban J connectivity index is 1.60. The van der Waals surface area contributed by atoms with Gasteiger partial charge in [0, 0.05) is 24.1 Å². The van der Waals surface area contributed by atoms with Gasteiger partial charge >= 0.3 is 0 Å². The van der Waals surface area contributed by atoms with Gasteiger partial charge in [-0.3, -0.25) is 9.78 Å². The van der Waals surface area contributed by atoms with E-state index in [0.717, 1.165) is 23.9 Å². The summed E-state index contributed by atoms with van der Waals surface area (Å²) in [5.41, 5.74) is 1.40. The molecular weight excluding hydrogens is 290 g/mol. The fourth-order valence-corrected chi connectivity index (χ4v) is 4.00. The molecule has 1 aromatic carbocycles. The molecule has 2 aromatic rings. The molecule has 0 bridgehead atoms. The van der Waals surface area contributed by atoms with Crippen LogP contribution in [-0.4, -0.2) is 54.7 Å². The highest BCUT2D eigenvalue weighted by atomic mass is 16.5. The number of hydrogen-bond donors (Lipinski definition) is 1. The highest BCUT2D eigenvalue weighted by Gasteiger charge is 2.55. The second-order valence-corrected chi connectivity index (χ2v) is 6.62. The number of rotatable bonds is 3. The fourth-order valence-electron chi connectivity index (χ4n) is 4.00. The van der Waals surface area contributed by atoms with Gasteiger partial charge in [-0.25, -0.2) is 0 Å². The molecule has 1 N–H and O–H groups in total. The number of benzene rings is 1. The smallest absolute Gasteiger partial charge is 0.253 e. The number of aromatic nitrogens is 1. The summed E-state index contributed by atoms with van der Waals surface area (Å²) in [5.74, 6) is 0.380. The molecule has 4 rings (SSSR count). The van der Waals surface area contributed by atoms with Gasteiger partial charge in [-0.1, -0.05) is 18.2 Å². The molecule has 1 saturated carbocycles. The minimum Gasteiger partial charge on any atom is -0.376 e. The number of carbonyl (C=O) groups excluding carboxylic acids is 1. The molecule has 0 unspecified atom stereocenters. The monoisotopic (exact) mass is 311 g/mol. The molecule has 2 heterocycles. The maximum Gasteiger partial charge on any atom is 0.253 e. The van der Waals surface area contributed by atoms with Gasteiger partial charge in [0.2, 0.25) is 0 Å². The van der Waals surface area contributed by atoms with E-state index in [0.29, 0.717) is 11.5 Å². The number of pyridine rings is 1. The van der Waals surface area contributed by atoms with Crippen LogP contribution in [0.4, 0.5) is 0 Å². The number of hydrogen-bond acceptors (Lipinski definition) is 4. The Hall–Kier alpha value is -1.98. The highest BCUT2D eigenvalue weighted by Crippen LogP contribution is 2.41. The maximum atomic E-state index is 12.8. The average molecular weight is 311 g/mol. The van der Waals surface area contributed by atoms with E-state index in [1.807, 2.05) is 44.4 Å². The van der Waals surface area contributed by atoms with E-state index in [9.17, 15) is 4.79 Å². The van der Waals surface area contributed by atoms with Crippen LogP contribution < -0.4 is 5.32 Å². The van der Waals surface area contributed by atoms with Crippen LogP contribution in [0.3, 0.4) is 0 Å². The lowest BCUT2D eigenvalue weighted by Crippen LogP contribution is -2.69. The first kappa shape index (κ1) is 14.6. The van der Waals surface area contributed by atoms with Crippen molar-refractivity contribution >= 4 is 16.8 Å². The standard InChI is InChI=1S/C18H21N3O2/c1-21(2)16-15(12-8-10-23-17(12)16)20-18(22)13-7-3-5-11-6-4-9-19-14(11)13/h3-7,9,12,15-17H,8,10H2,1-2H3,(H,20,22)/t12-,15+,16-,17-/m1/s1. The van der Waals surface area contributed by atoms with Gasteiger partial charge in [0.1, 0.15) is 0 Å². The Morgan fingerprint density at radius 3 is 2.96 bits per heavy atom. The van der Waals surface area contributed by atoms with E-state index in [1.54, 1.807) is 6.20 Å². The first-order chi connectivity index (χ1) is 11.2. The quantitative estimate of drug-likeness (QED) is 0.937. The van der Waals surface area contributed by atoms with Crippen LogP contribution in [0.5, 0.6) is 0 Å². The second kappa shape index (κ2) is 5.58. The largest absolute Gasteiger partial charge is 0.376 e. The van der Waals surface area contributed by atoms with Gasteiger partial charge in [-0.05, 0) is 32.6 Å². The highest BCUT2D eigenvalue weighted by molar-refractivity contribution is 6.05. The fraction of sp³-hybridized carbons (Fsp3) is 0.444. The third kappa shape index (κ3) is 2.31. The second-order valence-electron chi connectivity index (χ2n) is 6.62. The van der Waals surface area contributed by atoms with Crippen LogP contribution in [0, 0.1) is 5.92 Å². The molecule has 2 fully saturated rings. The summed E-state index contributed by atoms with van der Waals surface area (Å²) in [4.78, 5) is 19.3. The van der Waals surface area contributed by atoms with Gasteiger partial charge in [0.05, 0.1) is 29.3 Å². The SMILES string of the molecule is CN(C)[C@@H]1[C@@H](NC(=O)c2cccc3cccnc23)[C@H]2CCO[C@H]21. The summed E-state index contributed by atoms with van der Waals surface area (Å²) in [6, 6.07) is 9.98. The lowest BCUT2D eigenvalue weighted by Gasteiger charge is -2.50. The summed E-state index contributed by atoms with van der Waals surface area (Å²) >= 11 is 0. The topological polar surface area (TPSA) is 54.5 Å². The van der Waals surface area contributed by atoms with Crippen molar-refractivity contribution in [3.63, 3.8) is 0 Å². The van der Waals surface area contributed by atoms with Crippen LogP contribution in [0.25, 0.3) is 10.9 Å². The Labute approximate surface area is 135 Å². The van der Waals surface area contributed by atoms with Crippen LogP contribution in [0.15, 0.2) is 36.5 Å². The average Bonchev–Trinajstić information content (AvgIpc) is 2.95. The van der Waals surface area contributed by atoms with E-state index in [-0.39, 0.29) is 24.1 Å². The molecule has 1 saturated heterocycles. The van der Waals surface area contributed by atoms with E-state index >= 15 is 0 Å². The molecule has 1 amide bonds. The normalized spacial score (nSPS) is 29.3. The van der Waals surface area contributed by atoms with Crippen molar-refractivity contribution in [2.75, 3.05) is 20.7 Å². The zero-order chi connectivity index (χ0) is 16.0. The molecule has 2 aliphatic rings. The third-order valence-electron chi connectivity index (χ3n) is 5.12. The molecule has 1 aliphatic heterocycles. The number of fused-ring (bicyclic) bond motifs is 2. The molecule has 1 aromatic heterocycles. The molecule has 1 aliphatic carbocycles. The van der Waals surface area contributed by atoms with E-state index < -0.39 is 0 Å². The molecule has 23 heavy (non-hydrogen) atoms. The van der Waals surface area contributed by atoms with Crippen molar-refractivity contribution in [1.82, 2.24) is 15.2 Å². The molecule has 0 radical (unpaired) electrons. The number of likely N-dealkylation sites (N-methyl/N-ethyl adjacent to an activating group) is 1. The zero-order valence-electron chi connectivity index (χ0n) is 13.4. The number of para-hydroxylation sites is 1. The molecule has 4 atom stereocenters. The number of nitrogens with one attached hydrogen (secondary N) is 1. The van der Waals surface area contributed by atoms with Gasteiger partial charge in [0.15, 0.2) is 0 Å². The predicted octanol–water partition coefficient (Wildman–Crippen LogP) is 1.68. The molecule has 5 heteroatoms. The van der Waals surface area contributed by atoms with Crippen LogP contribution in [0.2, 0.25) is 0 Å². The zero-order valence-corrected chi connectivity index (χ0v) is 13.4. The van der Waals surface area contributed by atoms with Gasteiger partial charge in [-0.2, -0.15) is 0 Å². The van der Waals surface area contributed by atoms with Crippen molar-refractivity contribution in [1.29, 1.82) is 0 Å². The summed E-state index contributed by atoms with van der Waals surface area (Å²) in [6.45, 7) is 0.794. The van der Waals surface area contributed by atoms with Gasteiger partial charge in [0.25, 0.3) is 5.91 Å². The summed E-state index contributed by atoms with van der Waals surface area (Å²) in [5, 5.41) is 4.21. The lowest BCUT2D eigenvalue weighted by atomic mass is 9.71. The van der Waals surface area contributed by atoms with Crippen molar-refractivity contribution in [3.05, 3.63) is 42.1 Å². The lowest BCUT2D eigenvalue weighted by molar-refractivity contribution is -0.0664. The Morgan fingerprint density at radius 2 is 2.13 bits per heavy atom.